The lowest BCUT2D eigenvalue weighted by molar-refractivity contribution is -0.161. The molecule has 0 unspecified atom stereocenters. The molecule has 3 saturated carbocycles. The van der Waals surface area contributed by atoms with Crippen molar-refractivity contribution in [2.24, 2.45) is 23.2 Å². The summed E-state index contributed by atoms with van der Waals surface area (Å²) in [5.41, 5.74) is -0.168. The summed E-state index contributed by atoms with van der Waals surface area (Å²) in [4.78, 5) is 11.9. The number of fused-ring (bicyclic) bond motifs is 1. The fraction of sp³-hybridized carbons (Fsp3) is 0.947. The van der Waals surface area contributed by atoms with Crippen LogP contribution in [0.4, 0.5) is 0 Å². The molecule has 3 nitrogen and oxygen atoms in total. The third-order valence-electron chi connectivity index (χ3n) is 6.99. The van der Waals surface area contributed by atoms with Gasteiger partial charge < -0.3 is 10.2 Å². The molecule has 0 aromatic rings. The Labute approximate surface area is 134 Å². The molecule has 5 atom stereocenters. The van der Waals surface area contributed by atoms with Gasteiger partial charge in [0.15, 0.2) is 0 Å². The molecule has 3 aliphatic carbocycles. The van der Waals surface area contributed by atoms with Gasteiger partial charge in [0.25, 0.3) is 0 Å². The Bertz CT molecular complexity index is 401. The van der Waals surface area contributed by atoms with Crippen molar-refractivity contribution in [3.63, 3.8) is 0 Å². The zero-order chi connectivity index (χ0) is 15.7. The summed E-state index contributed by atoms with van der Waals surface area (Å²) in [6.45, 7) is 2.08. The van der Waals surface area contributed by atoms with Crippen LogP contribution >= 0.6 is 0 Å². The minimum atomic E-state index is -0.270. The van der Waals surface area contributed by atoms with Gasteiger partial charge in [-0.15, -0.1) is 0 Å². The smallest absolute Gasteiger partial charge is 0.139 e. The molecule has 0 amide bonds. The molecule has 3 fully saturated rings. The molecule has 3 aliphatic rings. The quantitative estimate of drug-likeness (QED) is 0.817. The van der Waals surface area contributed by atoms with Crippen LogP contribution in [0.5, 0.6) is 0 Å². The molecule has 126 valence electrons. The Kier molecular flexibility index (Phi) is 4.94. The van der Waals surface area contributed by atoms with Crippen LogP contribution in [0.2, 0.25) is 0 Å². The molecule has 0 bridgehead atoms. The summed E-state index contributed by atoms with van der Waals surface area (Å²) < 4.78 is 0. The van der Waals surface area contributed by atoms with Gasteiger partial charge >= 0.3 is 0 Å². The zero-order valence-electron chi connectivity index (χ0n) is 14.0. The number of hydrogen-bond donors (Lipinski definition) is 2. The van der Waals surface area contributed by atoms with E-state index in [-0.39, 0.29) is 23.5 Å². The normalized spacial score (nSPS) is 40.9. The predicted octanol–water partition coefficient (Wildman–Crippen LogP) is 3.46. The van der Waals surface area contributed by atoms with Crippen LogP contribution in [-0.2, 0) is 4.79 Å². The first-order valence-electron chi connectivity index (χ1n) is 9.40. The molecule has 0 aromatic carbocycles. The van der Waals surface area contributed by atoms with E-state index in [0.717, 1.165) is 32.1 Å². The van der Waals surface area contributed by atoms with Crippen LogP contribution in [0, 0.1) is 23.2 Å². The molecule has 22 heavy (non-hydrogen) atoms. The van der Waals surface area contributed by atoms with Crippen molar-refractivity contribution in [2.45, 2.75) is 89.8 Å². The Morgan fingerprint density at radius 1 is 1.23 bits per heavy atom. The number of Topliss-reactive ketones (excluding diaryl/α,β-unsaturated/α-hetero) is 1. The summed E-state index contributed by atoms with van der Waals surface area (Å²) in [5.74, 6) is 1.66. The number of carbonyl (C=O) groups excluding carboxylic acids is 1. The highest BCUT2D eigenvalue weighted by Gasteiger charge is 2.57. The highest BCUT2D eigenvalue weighted by molar-refractivity contribution is 5.91. The first-order chi connectivity index (χ1) is 10.5. The topological polar surface area (TPSA) is 57.5 Å². The Morgan fingerprint density at radius 2 is 1.95 bits per heavy atom. The summed E-state index contributed by atoms with van der Waals surface area (Å²) >= 11 is 0. The second-order valence-electron chi connectivity index (χ2n) is 8.39. The minimum absolute atomic E-state index is 0.168. The molecule has 0 radical (unpaired) electrons. The number of hydrogen-bond acceptors (Lipinski definition) is 3. The lowest BCUT2D eigenvalue weighted by Gasteiger charge is -2.54. The zero-order valence-corrected chi connectivity index (χ0v) is 14.0. The molecule has 0 aromatic heterocycles. The van der Waals surface area contributed by atoms with E-state index in [2.05, 4.69) is 6.92 Å². The second-order valence-corrected chi connectivity index (χ2v) is 8.39. The number of carbonyl (C=O) groups is 1. The molecule has 3 heteroatoms. The van der Waals surface area contributed by atoms with E-state index in [1.165, 1.54) is 32.1 Å². The van der Waals surface area contributed by atoms with Gasteiger partial charge in [0.05, 0.1) is 12.2 Å². The van der Waals surface area contributed by atoms with Gasteiger partial charge in [0.1, 0.15) is 5.78 Å². The average molecular weight is 308 g/mol. The van der Waals surface area contributed by atoms with Crippen LogP contribution in [-0.4, -0.2) is 28.2 Å². The number of rotatable bonds is 5. The van der Waals surface area contributed by atoms with Gasteiger partial charge in [-0.05, 0) is 49.9 Å². The van der Waals surface area contributed by atoms with E-state index in [1.54, 1.807) is 0 Å². The standard InChI is InChI=1S/C19H32O3/c1-19-10-9-17(21)15(16(19)12-18(19)22)8-7-14(20)11-13-5-3-2-4-6-13/h13-17,20-21H,2-12H2,1H3/t14-,15-,16-,17-,19+/m0/s1. The lowest BCUT2D eigenvalue weighted by Crippen LogP contribution is -2.57. The minimum Gasteiger partial charge on any atom is -0.393 e. The van der Waals surface area contributed by atoms with Crippen LogP contribution in [0.25, 0.3) is 0 Å². The highest BCUT2D eigenvalue weighted by Crippen LogP contribution is 2.56. The van der Waals surface area contributed by atoms with E-state index in [9.17, 15) is 15.0 Å². The fourth-order valence-corrected chi connectivity index (χ4v) is 5.32. The number of ketones is 1. The van der Waals surface area contributed by atoms with Gasteiger partial charge in [-0.2, -0.15) is 0 Å². The summed E-state index contributed by atoms with van der Waals surface area (Å²) in [6.07, 6.45) is 10.9. The monoisotopic (exact) mass is 308 g/mol. The predicted molar refractivity (Wildman–Crippen MR) is 86.4 cm³/mol. The van der Waals surface area contributed by atoms with Crippen LogP contribution < -0.4 is 0 Å². The van der Waals surface area contributed by atoms with E-state index in [4.69, 9.17) is 0 Å². The van der Waals surface area contributed by atoms with Crippen molar-refractivity contribution in [1.82, 2.24) is 0 Å². The van der Waals surface area contributed by atoms with Gasteiger partial charge in [0, 0.05) is 11.8 Å². The maximum atomic E-state index is 11.9. The number of aliphatic hydroxyl groups is 2. The summed E-state index contributed by atoms with van der Waals surface area (Å²) in [5, 5.41) is 20.7. The molecule has 0 saturated heterocycles. The molecule has 2 N–H and O–H groups in total. The van der Waals surface area contributed by atoms with Crippen molar-refractivity contribution >= 4 is 5.78 Å². The Hall–Kier alpha value is -0.410. The highest BCUT2D eigenvalue weighted by atomic mass is 16.3. The maximum absolute atomic E-state index is 11.9. The van der Waals surface area contributed by atoms with E-state index >= 15 is 0 Å². The second kappa shape index (κ2) is 6.60. The first-order valence-corrected chi connectivity index (χ1v) is 9.40. The Balaban J connectivity index is 1.48. The molecule has 0 spiro atoms. The summed E-state index contributed by atoms with van der Waals surface area (Å²) in [7, 11) is 0. The van der Waals surface area contributed by atoms with E-state index < -0.39 is 0 Å². The van der Waals surface area contributed by atoms with Crippen molar-refractivity contribution in [3.8, 4) is 0 Å². The van der Waals surface area contributed by atoms with Crippen molar-refractivity contribution < 1.29 is 15.0 Å². The SMILES string of the molecule is C[C@@]12CC[C@H](O)[C@@H](CC[C@H](O)CC3CCCCC3)[C@@H]1CC2=O. The van der Waals surface area contributed by atoms with Gasteiger partial charge in [-0.3, -0.25) is 4.79 Å². The van der Waals surface area contributed by atoms with Crippen LogP contribution in [0.3, 0.4) is 0 Å². The van der Waals surface area contributed by atoms with Gasteiger partial charge in [-0.1, -0.05) is 39.0 Å². The molecule has 0 aliphatic heterocycles. The van der Waals surface area contributed by atoms with Crippen molar-refractivity contribution in [3.05, 3.63) is 0 Å². The molecular weight excluding hydrogens is 276 g/mol. The average Bonchev–Trinajstić information content (AvgIpc) is 2.51. The number of aliphatic hydroxyl groups excluding tert-OH is 2. The van der Waals surface area contributed by atoms with E-state index in [1.807, 2.05) is 0 Å². The molecule has 0 heterocycles. The van der Waals surface area contributed by atoms with Gasteiger partial charge in [0.2, 0.25) is 0 Å². The van der Waals surface area contributed by atoms with Gasteiger partial charge in [-0.25, -0.2) is 0 Å². The van der Waals surface area contributed by atoms with Crippen molar-refractivity contribution in [1.29, 1.82) is 0 Å². The summed E-state index contributed by atoms with van der Waals surface area (Å²) in [6, 6.07) is 0. The largest absolute Gasteiger partial charge is 0.393 e. The third kappa shape index (κ3) is 3.12. The first kappa shape index (κ1) is 16.4. The van der Waals surface area contributed by atoms with E-state index in [0.29, 0.717) is 24.0 Å². The van der Waals surface area contributed by atoms with Crippen LogP contribution in [0.15, 0.2) is 0 Å². The van der Waals surface area contributed by atoms with Crippen LogP contribution in [0.1, 0.15) is 77.6 Å². The lowest BCUT2D eigenvalue weighted by atomic mass is 9.49. The maximum Gasteiger partial charge on any atom is 0.139 e. The molecular formula is C19H32O3. The Morgan fingerprint density at radius 3 is 2.64 bits per heavy atom. The third-order valence-corrected chi connectivity index (χ3v) is 6.99. The van der Waals surface area contributed by atoms with Crippen molar-refractivity contribution in [2.75, 3.05) is 0 Å². The molecule has 3 rings (SSSR count). The fourth-order valence-electron chi connectivity index (χ4n) is 5.32.